The number of carbonyl (C=O) groups excluding carboxylic acids is 1. The Morgan fingerprint density at radius 1 is 1.57 bits per heavy atom. The Morgan fingerprint density at radius 3 is 3.07 bits per heavy atom. The predicted octanol–water partition coefficient (Wildman–Crippen LogP) is 1.37. The molecule has 1 aliphatic rings. The van der Waals surface area contributed by atoms with Crippen LogP contribution in [0.15, 0.2) is 31.0 Å². The van der Waals surface area contributed by atoms with Gasteiger partial charge in [-0.2, -0.15) is 0 Å². The third-order valence-electron chi connectivity index (χ3n) is 1.95. The number of ether oxygens (including phenoxy) is 2. The normalized spacial score (nSPS) is 18.6. The van der Waals surface area contributed by atoms with Gasteiger partial charge in [-0.25, -0.2) is 4.79 Å². The molecule has 0 aliphatic carbocycles. The lowest BCUT2D eigenvalue weighted by Gasteiger charge is -2.02. The highest BCUT2D eigenvalue weighted by Crippen LogP contribution is 2.31. The van der Waals surface area contributed by atoms with E-state index in [2.05, 4.69) is 11.3 Å². The van der Waals surface area contributed by atoms with Crippen molar-refractivity contribution in [1.82, 2.24) is 0 Å². The van der Waals surface area contributed by atoms with Crippen LogP contribution in [0, 0.1) is 0 Å². The zero-order valence-corrected chi connectivity index (χ0v) is 7.27. The molecule has 0 saturated heterocycles. The summed E-state index contributed by atoms with van der Waals surface area (Å²) in [5.74, 6) is -0.0492. The van der Waals surface area contributed by atoms with E-state index in [4.69, 9.17) is 4.74 Å². The maximum Gasteiger partial charge on any atom is 0.341 e. The van der Waals surface area contributed by atoms with Gasteiger partial charge in [0.1, 0.15) is 5.75 Å². The first-order chi connectivity index (χ1) is 6.72. The van der Waals surface area contributed by atoms with Crippen LogP contribution in [0.3, 0.4) is 0 Å². The molecule has 1 aliphatic heterocycles. The Balaban J connectivity index is 2.44. The van der Waals surface area contributed by atoms with E-state index in [-0.39, 0.29) is 0 Å². The summed E-state index contributed by atoms with van der Waals surface area (Å²) in [4.78, 5) is 11.2. The maximum absolute atomic E-state index is 11.2. The first-order valence-corrected chi connectivity index (χ1v) is 4.03. The molecule has 72 valence electrons. The Kier molecular flexibility index (Phi) is 1.98. The smallest absolute Gasteiger partial charge is 0.341 e. The SMILES string of the molecule is C=COc1ccc2c(c1)C(=O)OC2O. The molecule has 0 aromatic heterocycles. The van der Waals surface area contributed by atoms with E-state index in [0.717, 1.165) is 0 Å². The Labute approximate surface area is 80.4 Å². The van der Waals surface area contributed by atoms with Crippen LogP contribution in [0.2, 0.25) is 0 Å². The number of benzene rings is 1. The number of fused-ring (bicyclic) bond motifs is 1. The van der Waals surface area contributed by atoms with Crippen molar-refractivity contribution in [3.8, 4) is 5.75 Å². The lowest BCUT2D eigenvalue weighted by atomic mass is 10.1. The number of cyclic esters (lactones) is 1. The number of esters is 1. The summed E-state index contributed by atoms with van der Waals surface area (Å²) in [6.07, 6.45) is 0.105. The van der Waals surface area contributed by atoms with Crippen LogP contribution in [-0.4, -0.2) is 11.1 Å². The maximum atomic E-state index is 11.2. The molecule has 4 nitrogen and oxygen atoms in total. The van der Waals surface area contributed by atoms with E-state index in [9.17, 15) is 9.90 Å². The van der Waals surface area contributed by atoms with Crippen molar-refractivity contribution in [3.63, 3.8) is 0 Å². The largest absolute Gasteiger partial charge is 0.466 e. The lowest BCUT2D eigenvalue weighted by Crippen LogP contribution is -1.96. The molecule has 0 saturated carbocycles. The third kappa shape index (κ3) is 1.25. The molecule has 4 heteroatoms. The standard InChI is InChI=1S/C10H8O4/c1-2-13-6-3-4-7-8(5-6)10(12)14-9(7)11/h2-5,9,11H,1H2. The van der Waals surface area contributed by atoms with Crippen LogP contribution in [-0.2, 0) is 4.74 Å². The molecule has 0 spiro atoms. The highest BCUT2D eigenvalue weighted by molar-refractivity contribution is 5.94. The van der Waals surface area contributed by atoms with E-state index < -0.39 is 12.3 Å². The minimum absolute atomic E-state index is 0.330. The van der Waals surface area contributed by atoms with Crippen molar-refractivity contribution >= 4 is 5.97 Å². The van der Waals surface area contributed by atoms with Crippen LogP contribution in [0.1, 0.15) is 22.2 Å². The van der Waals surface area contributed by atoms with E-state index >= 15 is 0 Å². The van der Waals surface area contributed by atoms with Crippen LogP contribution in [0.4, 0.5) is 0 Å². The molecule has 1 heterocycles. The van der Waals surface area contributed by atoms with Crippen LogP contribution < -0.4 is 4.74 Å². The second-order valence-electron chi connectivity index (χ2n) is 2.79. The number of hydrogen-bond donors (Lipinski definition) is 1. The van der Waals surface area contributed by atoms with E-state index in [1.165, 1.54) is 12.3 Å². The molecule has 0 radical (unpaired) electrons. The highest BCUT2D eigenvalue weighted by atomic mass is 16.6. The van der Waals surface area contributed by atoms with E-state index in [0.29, 0.717) is 16.9 Å². The van der Waals surface area contributed by atoms with Gasteiger partial charge in [-0.05, 0) is 18.2 Å². The molecule has 1 aromatic carbocycles. The van der Waals surface area contributed by atoms with Gasteiger partial charge in [-0.15, -0.1) is 0 Å². The van der Waals surface area contributed by atoms with Gasteiger partial charge in [-0.1, -0.05) is 6.58 Å². The molecular formula is C10H8O4. The number of aliphatic hydroxyl groups excluding tert-OH is 1. The minimum Gasteiger partial charge on any atom is -0.466 e. The molecule has 0 fully saturated rings. The zero-order chi connectivity index (χ0) is 10.1. The van der Waals surface area contributed by atoms with Crippen molar-refractivity contribution in [2.45, 2.75) is 6.29 Å². The molecule has 14 heavy (non-hydrogen) atoms. The number of aliphatic hydroxyl groups is 1. The lowest BCUT2D eigenvalue weighted by molar-refractivity contribution is -0.0547. The molecule has 1 atom stereocenters. The van der Waals surface area contributed by atoms with Crippen molar-refractivity contribution in [2.24, 2.45) is 0 Å². The number of carbonyl (C=O) groups is 1. The van der Waals surface area contributed by atoms with E-state index in [1.807, 2.05) is 0 Å². The summed E-state index contributed by atoms with van der Waals surface area (Å²) in [5.41, 5.74) is 0.795. The summed E-state index contributed by atoms with van der Waals surface area (Å²) in [7, 11) is 0. The Hall–Kier alpha value is -1.81. The van der Waals surface area contributed by atoms with Gasteiger partial charge in [0.15, 0.2) is 0 Å². The molecular weight excluding hydrogens is 184 g/mol. The molecule has 1 N–H and O–H groups in total. The quantitative estimate of drug-likeness (QED) is 0.568. The average Bonchev–Trinajstić information content (AvgIpc) is 2.43. The van der Waals surface area contributed by atoms with Crippen LogP contribution >= 0.6 is 0 Å². The number of hydrogen-bond acceptors (Lipinski definition) is 4. The summed E-state index contributed by atoms with van der Waals surface area (Å²) in [5, 5.41) is 9.27. The van der Waals surface area contributed by atoms with Gasteiger partial charge in [0.05, 0.1) is 11.8 Å². The Bertz CT molecular complexity index is 397. The zero-order valence-electron chi connectivity index (χ0n) is 7.27. The van der Waals surface area contributed by atoms with Gasteiger partial charge < -0.3 is 14.6 Å². The summed E-state index contributed by atoms with van der Waals surface area (Å²) >= 11 is 0. The van der Waals surface area contributed by atoms with Crippen molar-refractivity contribution in [2.75, 3.05) is 0 Å². The summed E-state index contributed by atoms with van der Waals surface area (Å²) < 4.78 is 9.59. The Morgan fingerprint density at radius 2 is 2.36 bits per heavy atom. The first kappa shape index (κ1) is 8.77. The van der Waals surface area contributed by atoms with Gasteiger partial charge in [0.2, 0.25) is 6.29 Å². The van der Waals surface area contributed by atoms with Gasteiger partial charge >= 0.3 is 5.97 Å². The molecule has 0 amide bonds. The second-order valence-corrected chi connectivity index (χ2v) is 2.79. The van der Waals surface area contributed by atoms with Crippen molar-refractivity contribution in [1.29, 1.82) is 0 Å². The fourth-order valence-electron chi connectivity index (χ4n) is 1.33. The fraction of sp³-hybridized carbons (Fsp3) is 0.100. The topological polar surface area (TPSA) is 55.8 Å². The fourth-order valence-corrected chi connectivity index (χ4v) is 1.33. The first-order valence-electron chi connectivity index (χ1n) is 4.03. The molecule has 2 rings (SSSR count). The summed E-state index contributed by atoms with van der Waals surface area (Å²) in [6.45, 7) is 3.40. The van der Waals surface area contributed by atoms with Crippen LogP contribution in [0.5, 0.6) is 5.75 Å². The molecule has 0 bridgehead atoms. The van der Waals surface area contributed by atoms with Crippen molar-refractivity contribution in [3.05, 3.63) is 42.2 Å². The van der Waals surface area contributed by atoms with Gasteiger partial charge in [0, 0.05) is 5.56 Å². The second kappa shape index (κ2) is 3.16. The number of rotatable bonds is 2. The predicted molar refractivity (Wildman–Crippen MR) is 47.6 cm³/mol. The highest BCUT2D eigenvalue weighted by Gasteiger charge is 2.29. The molecule has 1 aromatic rings. The third-order valence-corrected chi connectivity index (χ3v) is 1.95. The van der Waals surface area contributed by atoms with Gasteiger partial charge in [-0.3, -0.25) is 0 Å². The van der Waals surface area contributed by atoms with Crippen molar-refractivity contribution < 1.29 is 19.4 Å². The molecule has 1 unspecified atom stereocenters. The van der Waals surface area contributed by atoms with Crippen LogP contribution in [0.25, 0.3) is 0 Å². The minimum atomic E-state index is -1.16. The monoisotopic (exact) mass is 192 g/mol. The average molecular weight is 192 g/mol. The van der Waals surface area contributed by atoms with Gasteiger partial charge in [0.25, 0.3) is 0 Å². The summed E-state index contributed by atoms with van der Waals surface area (Å²) in [6, 6.07) is 4.73. The van der Waals surface area contributed by atoms with E-state index in [1.54, 1.807) is 12.1 Å².